The highest BCUT2D eigenvalue weighted by Crippen LogP contribution is 2.35. The van der Waals surface area contributed by atoms with E-state index in [0.29, 0.717) is 45.1 Å². The van der Waals surface area contributed by atoms with Crippen LogP contribution in [0.2, 0.25) is 0 Å². The van der Waals surface area contributed by atoms with Crippen molar-refractivity contribution in [3.63, 3.8) is 0 Å². The fraction of sp³-hybridized carbons (Fsp3) is 0.440. The first kappa shape index (κ1) is 83.9. The minimum Gasteiger partial charge on any atom is -0.487 e. The molecule has 6 aliphatic heterocycles. The molecule has 2 saturated heterocycles. The molecular weight excluding hydrogens is 1470 g/mol. The second kappa shape index (κ2) is 36.4. The summed E-state index contributed by atoms with van der Waals surface area (Å²) in [4.78, 5) is 163. The van der Waals surface area contributed by atoms with Crippen molar-refractivity contribution in [2.75, 3.05) is 40.8 Å². The zero-order valence-corrected chi connectivity index (χ0v) is 66.5. The Morgan fingerprint density at radius 1 is 0.548 bits per heavy atom. The topological polar surface area (TPSA) is 402 Å². The van der Waals surface area contributed by atoms with E-state index in [1.807, 2.05) is 84.9 Å². The highest BCUT2D eigenvalue weighted by atomic mass is 16.5. The van der Waals surface area contributed by atoms with Gasteiger partial charge in [-0.2, -0.15) is 0 Å². The fourth-order valence-corrected chi connectivity index (χ4v) is 14.7. The fourth-order valence-electron chi connectivity index (χ4n) is 14.7. The van der Waals surface area contributed by atoms with Crippen molar-refractivity contribution in [1.29, 1.82) is 0 Å². The van der Waals surface area contributed by atoms with Gasteiger partial charge in [-0.15, -0.1) is 10.2 Å². The molecule has 115 heavy (non-hydrogen) atoms. The Kier molecular flexibility index (Phi) is 26.6. The third kappa shape index (κ3) is 21.1. The van der Waals surface area contributed by atoms with E-state index in [9.17, 15) is 34.2 Å². The molecule has 31 heteroatoms. The Balaban J connectivity index is 0.945. The van der Waals surface area contributed by atoms with Crippen LogP contribution in [0.4, 0.5) is 0 Å². The Hall–Kier alpha value is -12.0. The zero-order valence-electron chi connectivity index (χ0n) is 66.5. The number of aromatic nitrogens is 6. The Morgan fingerprint density at radius 2 is 0.974 bits per heavy atom. The highest BCUT2D eigenvalue weighted by molar-refractivity contribution is 5.99. The Labute approximate surface area is 666 Å². The number of ether oxygens (including phenoxy) is 2. The minimum absolute atomic E-state index is 0.0367. The van der Waals surface area contributed by atoms with Crippen molar-refractivity contribution in [3.05, 3.63) is 179 Å². The van der Waals surface area contributed by atoms with Gasteiger partial charge in [0.25, 0.3) is 0 Å². The van der Waals surface area contributed by atoms with Crippen molar-refractivity contribution < 1.29 is 72.4 Å². The van der Waals surface area contributed by atoms with Gasteiger partial charge in [0.15, 0.2) is 5.78 Å². The molecule has 2 aromatic heterocycles. The summed E-state index contributed by atoms with van der Waals surface area (Å²) in [5, 5.41) is 62.4. The number of fused-ring (bicyclic) bond motifs is 2. The van der Waals surface area contributed by atoms with Crippen LogP contribution in [-0.2, 0) is 91.6 Å². The van der Waals surface area contributed by atoms with Crippen molar-refractivity contribution in [3.8, 4) is 11.5 Å². The number of hydrogen-bond donors (Lipinski definition) is 9. The number of amides is 8. The van der Waals surface area contributed by atoms with Gasteiger partial charge in [0.1, 0.15) is 78.9 Å². The molecule has 8 aromatic rings. The number of ketones is 1. The van der Waals surface area contributed by atoms with Crippen LogP contribution in [-0.4, -0.2) is 215 Å². The maximum Gasteiger partial charge on any atom is 0.323 e. The molecule has 6 aromatic carbocycles. The number of benzene rings is 6. The second-order valence-electron chi connectivity index (χ2n) is 32.3. The number of rotatable bonds is 16. The molecule has 0 radical (unpaired) electrons. The van der Waals surface area contributed by atoms with Gasteiger partial charge < -0.3 is 71.6 Å². The lowest BCUT2D eigenvalue weighted by molar-refractivity contribution is -0.145. The number of carbonyl (C=O) groups excluding carboxylic acids is 9. The molecule has 8 heterocycles. The number of hydrogen-bond acceptors (Lipinski definition) is 19. The molecule has 9 N–H and O–H groups in total. The molecule has 608 valence electrons. The lowest BCUT2D eigenvalue weighted by Gasteiger charge is -2.36. The van der Waals surface area contributed by atoms with Crippen LogP contribution >= 0.6 is 0 Å². The number of carboxylic acids is 2. The number of nitrogens with one attached hydrogen (secondary N) is 7. The van der Waals surface area contributed by atoms with E-state index < -0.39 is 161 Å². The predicted molar refractivity (Wildman–Crippen MR) is 424 cm³/mol. The van der Waals surface area contributed by atoms with Gasteiger partial charge in [0, 0.05) is 52.2 Å². The molecule has 6 aliphatic rings. The summed E-state index contributed by atoms with van der Waals surface area (Å²) in [6.45, 7) is 12.8. The van der Waals surface area contributed by atoms with E-state index in [-0.39, 0.29) is 64.8 Å². The summed E-state index contributed by atoms with van der Waals surface area (Å²) >= 11 is 0. The highest BCUT2D eigenvalue weighted by Gasteiger charge is 2.49. The average Bonchev–Trinajstić information content (AvgIpc) is 1.66. The first-order chi connectivity index (χ1) is 54.7. The van der Waals surface area contributed by atoms with Gasteiger partial charge in [-0.1, -0.05) is 161 Å². The summed E-state index contributed by atoms with van der Waals surface area (Å²) in [5.41, 5.74) is 1.20. The normalized spacial score (nSPS) is 21.2. The Bertz CT molecular complexity index is 4900. The first-order valence-electron chi connectivity index (χ1n) is 38.6. The molecule has 12 bridgehead atoms. The number of likely N-dealkylation sites (N-methyl/N-ethyl adjacent to an activating group) is 3. The van der Waals surface area contributed by atoms with E-state index >= 15 is 28.8 Å². The first-order valence-corrected chi connectivity index (χ1v) is 38.6. The monoisotopic (exact) mass is 1570 g/mol. The number of carbonyl (C=O) groups is 11. The quantitative estimate of drug-likeness (QED) is 0.0625. The van der Waals surface area contributed by atoms with Crippen molar-refractivity contribution in [1.82, 2.24) is 81.9 Å². The largest absolute Gasteiger partial charge is 0.487 e. The molecule has 0 saturated carbocycles. The van der Waals surface area contributed by atoms with Crippen LogP contribution in [0.1, 0.15) is 120 Å². The van der Waals surface area contributed by atoms with Crippen LogP contribution < -0.4 is 46.7 Å². The number of nitrogens with zero attached hydrogens (tertiary/aromatic N) is 9. The van der Waals surface area contributed by atoms with Crippen LogP contribution in [0, 0.1) is 16.7 Å². The van der Waals surface area contributed by atoms with E-state index in [1.54, 1.807) is 130 Å². The molecule has 2 fully saturated rings. The van der Waals surface area contributed by atoms with Gasteiger partial charge in [-0.25, -0.2) is 9.36 Å². The van der Waals surface area contributed by atoms with Gasteiger partial charge in [0.05, 0.1) is 48.5 Å². The summed E-state index contributed by atoms with van der Waals surface area (Å²) in [6.07, 6.45) is 2.16. The van der Waals surface area contributed by atoms with Crippen molar-refractivity contribution in [2.45, 2.75) is 180 Å². The molecule has 0 spiro atoms. The van der Waals surface area contributed by atoms with Crippen LogP contribution in [0.25, 0.3) is 21.5 Å². The summed E-state index contributed by atoms with van der Waals surface area (Å²) in [7, 11) is 4.51. The third-order valence-corrected chi connectivity index (χ3v) is 21.6. The van der Waals surface area contributed by atoms with Crippen LogP contribution in [0.3, 0.4) is 0 Å². The third-order valence-electron chi connectivity index (χ3n) is 21.6. The van der Waals surface area contributed by atoms with Crippen LogP contribution in [0.15, 0.2) is 146 Å². The van der Waals surface area contributed by atoms with E-state index in [4.69, 9.17) is 9.47 Å². The summed E-state index contributed by atoms with van der Waals surface area (Å²) in [6, 6.07) is 27.7. The molecular formula is C84H102N16O15. The second-order valence-corrected chi connectivity index (χ2v) is 32.3. The molecule has 8 amide bonds. The smallest absolute Gasteiger partial charge is 0.323 e. The zero-order chi connectivity index (χ0) is 82.7. The number of aliphatic carboxylic acids is 2. The Morgan fingerprint density at radius 3 is 1.40 bits per heavy atom. The minimum atomic E-state index is -1.44. The van der Waals surface area contributed by atoms with Gasteiger partial charge in [-0.05, 0) is 120 Å². The van der Waals surface area contributed by atoms with Gasteiger partial charge >= 0.3 is 11.9 Å². The van der Waals surface area contributed by atoms with Crippen molar-refractivity contribution in [2.24, 2.45) is 16.7 Å². The molecule has 14 rings (SSSR count). The SMILES string of the molecule is CN[C@@H](C)C(=O)N[C@H](C(=O)N1C[C@@H]2C[C@H]1C(=O)N[C@@H](Cc1ccc3ccccc3c1)C(=O)C[C@H](C(=O)O)Cc1ccc(cc1)OCc1cn(nn1)[C@H]1C[C@@H](C(=O)N[C@@H](Cc3ccc4ccccc4c3)C(=O)N[C@H](C(=O)N(C)CC(=O)O)Cc3ccc(cc3)OCc3cn2nn3)N(C(=O)[C@@H](NC(=O)[C@H](C)NC)C(C)(C)C)C1)C(C)(C)C. The number of carboxylic acid groups (broad SMARTS) is 2. The maximum atomic E-state index is 15.5. The predicted octanol–water partition coefficient (Wildman–Crippen LogP) is 4.84. The van der Waals surface area contributed by atoms with E-state index in [0.717, 1.165) is 26.4 Å². The lowest BCUT2D eigenvalue weighted by atomic mass is 9.85. The lowest BCUT2D eigenvalue weighted by Crippen LogP contribution is -2.61. The van der Waals surface area contributed by atoms with Crippen LogP contribution in [0.5, 0.6) is 11.5 Å². The van der Waals surface area contributed by atoms with Gasteiger partial charge in [-0.3, -0.25) is 52.7 Å². The maximum absolute atomic E-state index is 15.5. The molecule has 31 nitrogen and oxygen atoms in total. The van der Waals surface area contributed by atoms with E-state index in [1.165, 1.54) is 26.2 Å². The van der Waals surface area contributed by atoms with Crippen molar-refractivity contribution >= 4 is 86.5 Å². The molecule has 12 atom stereocenters. The molecule has 0 unspecified atom stereocenters. The summed E-state index contributed by atoms with van der Waals surface area (Å²) < 4.78 is 15.5. The standard InChI is InChI=1S/C84H102N16O15/c1-48(85-9)74(104)90-72(83(3,4)5)80(110)97-43-61-39-68(97)77(107)87-65(36-52-20-26-54-16-12-14-18-56(54)33-52)70(101)38-58(82(112)113)32-50-22-28-63(29-23-50)114-46-59-42-100(95-92-59)62-40-69(98(44-62)81(111)73(84(6,7)8)91-75(105)49(2)86-10)78(108)88-66(37-53-21-27-55-17-13-15-19-57(55)34-53)76(106)89-67(79(109)96(11)45-71(102)103)35-51-24-30-64(31-25-51)115-47-60-41-99(61)94-93-60/h12-31,33-34,41-42,48-49,58,61-62,65-69,72-73,85-86H,32,35-40,43-47H2,1-11H3,(H,87,107)(H,88,108)(H,89,106)(H,90,104)(H,91,105)(H,102,103)(H,112,113)/t48-,49-,58+,61-,62-,65-,66-,67-,68-,69-,72+,73+/m0/s1. The number of likely N-dealkylation sites (tertiary alicyclic amines) is 2. The number of Topliss-reactive ketones (excluding diaryl/α,β-unsaturated/α-hetero) is 1. The average molecular weight is 1580 g/mol. The van der Waals surface area contributed by atoms with Gasteiger partial charge in [0.2, 0.25) is 47.3 Å². The van der Waals surface area contributed by atoms with E-state index in [2.05, 4.69) is 57.8 Å². The molecule has 0 aliphatic carbocycles. The summed E-state index contributed by atoms with van der Waals surface area (Å²) in [5.74, 6) is -8.88.